The number of thiazole rings is 1. The third kappa shape index (κ3) is 4.06. The molecular formula is C17H15N3O4S2. The van der Waals surface area contributed by atoms with Gasteiger partial charge in [0.25, 0.3) is 11.8 Å². The number of nitrogens with one attached hydrogen (secondary N) is 2. The molecule has 9 heteroatoms. The Labute approximate surface area is 157 Å². The second-order valence-corrected chi connectivity index (χ2v) is 7.13. The molecule has 3 aromatic rings. The number of ether oxygens (including phenoxy) is 1. The van der Waals surface area contributed by atoms with E-state index >= 15 is 0 Å². The molecule has 2 N–H and O–H groups in total. The molecular weight excluding hydrogens is 374 g/mol. The van der Waals surface area contributed by atoms with E-state index in [0.29, 0.717) is 15.6 Å². The van der Waals surface area contributed by atoms with E-state index in [2.05, 4.69) is 20.4 Å². The largest absolute Gasteiger partial charge is 0.469 e. The van der Waals surface area contributed by atoms with Gasteiger partial charge in [0.05, 0.1) is 29.3 Å². The summed E-state index contributed by atoms with van der Waals surface area (Å²) >= 11 is 2.54. The third-order valence-corrected chi connectivity index (χ3v) is 5.33. The van der Waals surface area contributed by atoms with Crippen LogP contribution in [0, 0.1) is 0 Å². The van der Waals surface area contributed by atoms with Crippen molar-refractivity contribution in [1.29, 1.82) is 0 Å². The van der Waals surface area contributed by atoms with Crippen LogP contribution in [-0.2, 0) is 9.53 Å². The fourth-order valence-electron chi connectivity index (χ4n) is 2.19. The number of methoxy groups -OCH3 is 1. The van der Waals surface area contributed by atoms with Crippen LogP contribution in [0.25, 0.3) is 10.2 Å². The predicted octanol–water partition coefficient (Wildman–Crippen LogP) is 2.90. The van der Waals surface area contributed by atoms with Crippen molar-refractivity contribution >= 4 is 55.7 Å². The lowest BCUT2D eigenvalue weighted by Crippen LogP contribution is -2.27. The van der Waals surface area contributed by atoms with E-state index in [0.717, 1.165) is 10.2 Å². The van der Waals surface area contributed by atoms with Gasteiger partial charge in [0.2, 0.25) is 0 Å². The molecule has 0 aliphatic carbocycles. The molecule has 7 nitrogen and oxygen atoms in total. The van der Waals surface area contributed by atoms with Crippen molar-refractivity contribution in [2.24, 2.45) is 0 Å². The summed E-state index contributed by atoms with van der Waals surface area (Å²) in [6.45, 7) is 0.159. The van der Waals surface area contributed by atoms with Gasteiger partial charge in [-0.05, 0) is 23.6 Å². The third-order valence-electron chi connectivity index (χ3n) is 3.47. The van der Waals surface area contributed by atoms with Crippen LogP contribution >= 0.6 is 22.7 Å². The van der Waals surface area contributed by atoms with E-state index in [1.54, 1.807) is 11.4 Å². The number of benzene rings is 1. The minimum Gasteiger partial charge on any atom is -0.469 e. The number of fused-ring (bicyclic) bond motifs is 1. The number of carbonyl (C=O) groups is 3. The van der Waals surface area contributed by atoms with Crippen molar-refractivity contribution in [2.75, 3.05) is 19.0 Å². The highest BCUT2D eigenvalue weighted by Crippen LogP contribution is 2.26. The fraction of sp³-hybridized carbons (Fsp3) is 0.176. The molecule has 2 amide bonds. The number of rotatable bonds is 6. The van der Waals surface area contributed by atoms with Gasteiger partial charge in [-0.25, -0.2) is 4.98 Å². The van der Waals surface area contributed by atoms with Gasteiger partial charge in [0, 0.05) is 6.54 Å². The molecule has 0 aliphatic heterocycles. The molecule has 0 saturated carbocycles. The Balaban J connectivity index is 1.67. The van der Waals surface area contributed by atoms with Crippen molar-refractivity contribution in [3.05, 3.63) is 46.3 Å². The molecule has 0 spiro atoms. The van der Waals surface area contributed by atoms with Crippen molar-refractivity contribution in [3.63, 3.8) is 0 Å². The SMILES string of the molecule is COC(=O)CCNC(=O)c1ccsc1NC(=O)c1nc2ccccc2s1. The van der Waals surface area contributed by atoms with E-state index in [1.807, 2.05) is 24.3 Å². The van der Waals surface area contributed by atoms with Gasteiger partial charge in [0.1, 0.15) is 5.00 Å². The minimum absolute atomic E-state index is 0.0831. The Morgan fingerprint density at radius 2 is 1.96 bits per heavy atom. The lowest BCUT2D eigenvalue weighted by molar-refractivity contribution is -0.140. The molecule has 0 fully saturated rings. The first-order chi connectivity index (χ1) is 12.6. The summed E-state index contributed by atoms with van der Waals surface area (Å²) < 4.78 is 5.44. The molecule has 0 unspecified atom stereocenters. The van der Waals surface area contributed by atoms with E-state index in [4.69, 9.17) is 0 Å². The summed E-state index contributed by atoms with van der Waals surface area (Å²) in [5, 5.41) is 7.84. The number of anilines is 1. The number of hydrogen-bond donors (Lipinski definition) is 2. The molecule has 2 heterocycles. The summed E-state index contributed by atoms with van der Waals surface area (Å²) in [5.74, 6) is -1.13. The highest BCUT2D eigenvalue weighted by Gasteiger charge is 2.18. The molecule has 0 bridgehead atoms. The topological polar surface area (TPSA) is 97.4 Å². The second-order valence-electron chi connectivity index (χ2n) is 5.19. The number of thiophene rings is 1. The molecule has 0 atom stereocenters. The quantitative estimate of drug-likeness (QED) is 0.632. The maximum absolute atomic E-state index is 12.4. The summed E-state index contributed by atoms with van der Waals surface area (Å²) in [6, 6.07) is 9.10. The van der Waals surface area contributed by atoms with E-state index in [9.17, 15) is 14.4 Å². The standard InChI is InChI=1S/C17H15N3O4S2/c1-24-13(21)6-8-18-14(22)10-7-9-25-16(10)20-15(23)17-19-11-4-2-3-5-12(11)26-17/h2-5,7,9H,6,8H2,1H3,(H,18,22)(H,20,23). The zero-order valence-electron chi connectivity index (χ0n) is 13.8. The second kappa shape index (κ2) is 8.07. The van der Waals surface area contributed by atoms with Crippen LogP contribution in [0.2, 0.25) is 0 Å². The van der Waals surface area contributed by atoms with Crippen LogP contribution < -0.4 is 10.6 Å². The van der Waals surface area contributed by atoms with Crippen LogP contribution in [0.5, 0.6) is 0 Å². The Bertz CT molecular complexity index is 931. The van der Waals surface area contributed by atoms with Crippen LogP contribution in [0.15, 0.2) is 35.7 Å². The molecule has 134 valence electrons. The van der Waals surface area contributed by atoms with Crippen molar-refractivity contribution in [1.82, 2.24) is 10.3 Å². The van der Waals surface area contributed by atoms with Gasteiger partial charge in [-0.15, -0.1) is 22.7 Å². The summed E-state index contributed by atoms with van der Waals surface area (Å²) in [6.07, 6.45) is 0.0831. The number of aromatic nitrogens is 1. The van der Waals surface area contributed by atoms with Gasteiger partial charge >= 0.3 is 5.97 Å². The smallest absolute Gasteiger partial charge is 0.307 e. The van der Waals surface area contributed by atoms with Crippen LogP contribution in [0.4, 0.5) is 5.00 Å². The van der Waals surface area contributed by atoms with Gasteiger partial charge in [-0.3, -0.25) is 14.4 Å². The van der Waals surface area contributed by atoms with Crippen LogP contribution in [-0.4, -0.2) is 36.4 Å². The maximum Gasteiger partial charge on any atom is 0.307 e. The van der Waals surface area contributed by atoms with E-state index < -0.39 is 5.97 Å². The normalized spacial score (nSPS) is 10.5. The van der Waals surface area contributed by atoms with Crippen molar-refractivity contribution in [3.8, 4) is 0 Å². The summed E-state index contributed by atoms with van der Waals surface area (Å²) in [7, 11) is 1.29. The molecule has 26 heavy (non-hydrogen) atoms. The number of nitrogens with zero attached hydrogens (tertiary/aromatic N) is 1. The van der Waals surface area contributed by atoms with Gasteiger partial charge in [0.15, 0.2) is 5.01 Å². The molecule has 0 saturated heterocycles. The van der Waals surface area contributed by atoms with Crippen LogP contribution in [0.3, 0.4) is 0 Å². The Morgan fingerprint density at radius 3 is 2.73 bits per heavy atom. The lowest BCUT2D eigenvalue weighted by atomic mass is 10.3. The van der Waals surface area contributed by atoms with Crippen molar-refractivity contribution < 1.29 is 19.1 Å². The monoisotopic (exact) mass is 389 g/mol. The average Bonchev–Trinajstić information content (AvgIpc) is 3.27. The fourth-order valence-corrected chi connectivity index (χ4v) is 3.83. The number of para-hydroxylation sites is 1. The zero-order chi connectivity index (χ0) is 18.5. The van der Waals surface area contributed by atoms with E-state index in [-0.39, 0.29) is 24.8 Å². The van der Waals surface area contributed by atoms with E-state index in [1.165, 1.54) is 29.8 Å². The maximum atomic E-state index is 12.4. The Kier molecular flexibility index (Phi) is 5.59. The molecule has 0 radical (unpaired) electrons. The first-order valence-electron chi connectivity index (χ1n) is 7.68. The molecule has 2 aromatic heterocycles. The van der Waals surface area contributed by atoms with Gasteiger partial charge in [-0.1, -0.05) is 12.1 Å². The number of amides is 2. The lowest BCUT2D eigenvalue weighted by Gasteiger charge is -2.06. The Morgan fingerprint density at radius 1 is 1.15 bits per heavy atom. The number of carbonyl (C=O) groups excluding carboxylic acids is 3. The Hall–Kier alpha value is -2.78. The highest BCUT2D eigenvalue weighted by molar-refractivity contribution is 7.20. The van der Waals surface area contributed by atoms with Crippen molar-refractivity contribution in [2.45, 2.75) is 6.42 Å². The minimum atomic E-state index is -0.403. The van der Waals surface area contributed by atoms with Gasteiger partial charge in [-0.2, -0.15) is 0 Å². The average molecular weight is 389 g/mol. The summed E-state index contributed by atoms with van der Waals surface area (Å²) in [4.78, 5) is 40.1. The molecule has 3 rings (SSSR count). The van der Waals surface area contributed by atoms with Gasteiger partial charge < -0.3 is 15.4 Å². The first-order valence-corrected chi connectivity index (χ1v) is 9.37. The number of hydrogen-bond acceptors (Lipinski definition) is 7. The van der Waals surface area contributed by atoms with Crippen LogP contribution in [0.1, 0.15) is 26.6 Å². The first kappa shape index (κ1) is 18.0. The summed E-state index contributed by atoms with van der Waals surface area (Å²) in [5.41, 5.74) is 1.10. The predicted molar refractivity (Wildman–Crippen MR) is 101 cm³/mol. The molecule has 1 aromatic carbocycles. The number of esters is 1. The highest BCUT2D eigenvalue weighted by atomic mass is 32.1. The zero-order valence-corrected chi connectivity index (χ0v) is 15.4. The molecule has 0 aliphatic rings.